The highest BCUT2D eigenvalue weighted by molar-refractivity contribution is 6.67. The number of amides is 2. The quantitative estimate of drug-likeness (QED) is 0.242. The van der Waals surface area contributed by atoms with E-state index in [2.05, 4.69) is 11.2 Å². The summed E-state index contributed by atoms with van der Waals surface area (Å²) in [5.74, 6) is 1.81. The van der Waals surface area contributed by atoms with E-state index in [1.807, 2.05) is 0 Å². The molecule has 0 aromatic rings. The number of carbonyl (C=O) groups excluding carboxylic acids is 2. The fraction of sp³-hybridized carbons (Fsp3) is 0.684. The van der Waals surface area contributed by atoms with E-state index in [4.69, 9.17) is 85.5 Å². The Bertz CT molecular complexity index is 743. The molecule has 6 nitrogen and oxygen atoms in total. The van der Waals surface area contributed by atoms with Gasteiger partial charge >= 0.3 is 0 Å². The van der Waals surface area contributed by atoms with Crippen LogP contribution in [0.5, 0.6) is 0 Å². The van der Waals surface area contributed by atoms with E-state index in [0.29, 0.717) is 18.6 Å². The third-order valence-corrected chi connectivity index (χ3v) is 5.99. The topological polar surface area (TPSA) is 71.2 Å². The van der Waals surface area contributed by atoms with Crippen molar-refractivity contribution in [2.24, 2.45) is 0 Å². The lowest BCUT2D eigenvalue weighted by Gasteiger charge is -2.30. The molecule has 0 bridgehead atoms. The number of alkyl halides is 6. The van der Waals surface area contributed by atoms with Gasteiger partial charge in [0.15, 0.2) is 7.59 Å². The molecule has 31 heavy (non-hydrogen) atoms. The highest BCUT2D eigenvalue weighted by Crippen LogP contribution is 2.36. The minimum Gasteiger partial charge on any atom is -0.499 e. The summed E-state index contributed by atoms with van der Waals surface area (Å²) in [5.41, 5.74) is 0. The summed E-state index contributed by atoms with van der Waals surface area (Å²) < 4.78 is 7.70. The van der Waals surface area contributed by atoms with Crippen molar-refractivity contribution < 1.29 is 19.1 Å². The average molecular weight is 555 g/mol. The number of nitrogens with zero attached hydrogens (tertiary/aromatic N) is 1. The number of methoxy groups -OCH3 is 1. The first-order chi connectivity index (χ1) is 14.4. The van der Waals surface area contributed by atoms with Crippen LogP contribution in [0.25, 0.3) is 0 Å². The van der Waals surface area contributed by atoms with Gasteiger partial charge in [0.05, 0.1) is 19.2 Å². The fourth-order valence-electron chi connectivity index (χ4n) is 3.28. The Kier molecular flexibility index (Phi) is 9.94. The summed E-state index contributed by atoms with van der Waals surface area (Å²) >= 11 is 35.2. The fourth-order valence-corrected chi connectivity index (χ4v) is 3.94. The van der Waals surface area contributed by atoms with Crippen molar-refractivity contribution in [2.45, 2.75) is 70.5 Å². The molecule has 2 rings (SSSR count). The molecule has 4 unspecified atom stereocenters. The van der Waals surface area contributed by atoms with Gasteiger partial charge in [-0.25, -0.2) is 0 Å². The summed E-state index contributed by atoms with van der Waals surface area (Å²) in [6.07, 6.45) is 7.74. The van der Waals surface area contributed by atoms with E-state index in [1.165, 1.54) is 13.2 Å². The maximum Gasteiger partial charge on any atom is 0.257 e. The van der Waals surface area contributed by atoms with Crippen LogP contribution in [0.15, 0.2) is 11.8 Å². The van der Waals surface area contributed by atoms with Gasteiger partial charge in [-0.15, -0.1) is 12.3 Å². The molecule has 174 valence electrons. The van der Waals surface area contributed by atoms with Crippen LogP contribution in [0.3, 0.4) is 0 Å². The molecule has 0 aromatic heterocycles. The molecule has 1 fully saturated rings. The number of carbonyl (C=O) groups is 2. The largest absolute Gasteiger partial charge is 0.499 e. The summed E-state index contributed by atoms with van der Waals surface area (Å²) in [6.45, 7) is 0. The van der Waals surface area contributed by atoms with E-state index >= 15 is 0 Å². The molecule has 12 heteroatoms. The van der Waals surface area contributed by atoms with Gasteiger partial charge in [-0.05, 0) is 32.1 Å². The van der Waals surface area contributed by atoms with E-state index in [1.54, 1.807) is 0 Å². The van der Waals surface area contributed by atoms with Crippen LogP contribution in [0.4, 0.5) is 0 Å². The number of hydrogen-bond donors (Lipinski definition) is 1. The molecule has 4 atom stereocenters. The lowest BCUT2D eigenvalue weighted by atomic mass is 10.1. The molecule has 0 aromatic carbocycles. The average Bonchev–Trinajstić information content (AvgIpc) is 3.32. The number of halogens is 6. The van der Waals surface area contributed by atoms with Crippen LogP contribution >= 0.6 is 69.6 Å². The Morgan fingerprint density at radius 1 is 1.26 bits per heavy atom. The van der Waals surface area contributed by atoms with E-state index < -0.39 is 31.5 Å². The number of imide groups is 1. The second-order valence-corrected chi connectivity index (χ2v) is 12.2. The second-order valence-electron chi connectivity index (χ2n) is 7.18. The Balaban J connectivity index is 2.15. The van der Waals surface area contributed by atoms with Crippen LogP contribution < -0.4 is 5.32 Å². The maximum atomic E-state index is 13.4. The van der Waals surface area contributed by atoms with Crippen molar-refractivity contribution in [3.8, 4) is 12.3 Å². The van der Waals surface area contributed by atoms with Crippen molar-refractivity contribution in [3.05, 3.63) is 11.8 Å². The van der Waals surface area contributed by atoms with Crippen molar-refractivity contribution in [1.82, 2.24) is 10.2 Å². The number of terminal acetylenes is 1. The zero-order valence-electron chi connectivity index (χ0n) is 16.6. The molecular weight excluding hydrogens is 533 g/mol. The molecule has 2 aliphatic heterocycles. The maximum absolute atomic E-state index is 13.4. The third-order valence-electron chi connectivity index (χ3n) is 4.85. The van der Waals surface area contributed by atoms with Gasteiger partial charge in [-0.2, -0.15) is 0 Å². The summed E-state index contributed by atoms with van der Waals surface area (Å²) in [7, 11) is 1.40. The van der Waals surface area contributed by atoms with E-state index in [9.17, 15) is 9.59 Å². The zero-order valence-corrected chi connectivity index (χ0v) is 21.1. The molecule has 0 spiro atoms. The molecule has 2 heterocycles. The molecule has 1 saturated heterocycles. The van der Waals surface area contributed by atoms with Gasteiger partial charge in [0.25, 0.3) is 5.91 Å². The molecule has 1 N–H and O–H groups in total. The number of epoxide rings is 1. The normalized spacial score (nSPS) is 24.6. The van der Waals surface area contributed by atoms with Crippen LogP contribution in [0.2, 0.25) is 0 Å². The van der Waals surface area contributed by atoms with Crippen LogP contribution in [0.1, 0.15) is 38.5 Å². The number of nitrogens with one attached hydrogen (secondary N) is 1. The Labute approximate surface area is 211 Å². The standard InChI is InChI=1S/C19H22Cl6N2O4/c1-3-4-5-13-16(31-13)26-11(6-8-18(20,21)22)17(29)27-12(7-9-19(23,24)25)14(30-2)10-15(27)28/h1,10-13,16,26H,4-9H2,2H3. The second kappa shape index (κ2) is 11.4. The van der Waals surface area contributed by atoms with Crippen molar-refractivity contribution >= 4 is 81.4 Å². The van der Waals surface area contributed by atoms with Gasteiger partial charge in [-0.3, -0.25) is 19.8 Å². The van der Waals surface area contributed by atoms with E-state index in [0.717, 1.165) is 4.90 Å². The van der Waals surface area contributed by atoms with Gasteiger partial charge < -0.3 is 9.47 Å². The Morgan fingerprint density at radius 3 is 2.45 bits per heavy atom. The lowest BCUT2D eigenvalue weighted by molar-refractivity contribution is -0.145. The first-order valence-electron chi connectivity index (χ1n) is 9.47. The van der Waals surface area contributed by atoms with Gasteiger partial charge in [0.1, 0.15) is 18.1 Å². The van der Waals surface area contributed by atoms with Crippen molar-refractivity contribution in [2.75, 3.05) is 7.11 Å². The third kappa shape index (κ3) is 8.64. The monoisotopic (exact) mass is 552 g/mol. The van der Waals surface area contributed by atoms with Gasteiger partial charge in [0.2, 0.25) is 5.91 Å². The van der Waals surface area contributed by atoms with Gasteiger partial charge in [0, 0.05) is 12.5 Å². The predicted molar refractivity (Wildman–Crippen MR) is 123 cm³/mol. The highest BCUT2D eigenvalue weighted by Gasteiger charge is 2.46. The number of ether oxygens (including phenoxy) is 2. The van der Waals surface area contributed by atoms with Crippen LogP contribution in [-0.4, -0.2) is 55.8 Å². The van der Waals surface area contributed by atoms with Gasteiger partial charge in [-0.1, -0.05) is 69.6 Å². The number of rotatable bonds is 10. The summed E-state index contributed by atoms with van der Waals surface area (Å²) in [6, 6.07) is -1.56. The summed E-state index contributed by atoms with van der Waals surface area (Å²) in [5, 5.41) is 3.09. The van der Waals surface area contributed by atoms with E-state index in [-0.39, 0.29) is 38.0 Å². The first kappa shape index (κ1) is 27.1. The highest BCUT2D eigenvalue weighted by atomic mass is 35.6. The molecule has 0 aliphatic carbocycles. The number of hydrogen-bond acceptors (Lipinski definition) is 5. The first-order valence-corrected chi connectivity index (χ1v) is 11.7. The van der Waals surface area contributed by atoms with Crippen molar-refractivity contribution in [3.63, 3.8) is 0 Å². The SMILES string of the molecule is C#CCCC1OC1NC(CCC(Cl)(Cl)Cl)C(=O)N1C(=O)C=C(OC)C1CCC(Cl)(Cl)Cl. The minimum atomic E-state index is -1.56. The summed E-state index contributed by atoms with van der Waals surface area (Å²) in [4.78, 5) is 27.1. The predicted octanol–water partition coefficient (Wildman–Crippen LogP) is 4.65. The van der Waals surface area contributed by atoms with Crippen LogP contribution in [0, 0.1) is 12.3 Å². The molecule has 0 saturated carbocycles. The zero-order chi connectivity index (χ0) is 23.4. The molecule has 2 amide bonds. The lowest BCUT2D eigenvalue weighted by Crippen LogP contribution is -2.52. The van der Waals surface area contributed by atoms with Crippen LogP contribution in [-0.2, 0) is 19.1 Å². The smallest absolute Gasteiger partial charge is 0.257 e. The van der Waals surface area contributed by atoms with Crippen molar-refractivity contribution in [1.29, 1.82) is 0 Å². The molecule has 0 radical (unpaired) electrons. The molecular formula is C19H22Cl6N2O4. The molecule has 2 aliphatic rings. The Morgan fingerprint density at radius 2 is 1.90 bits per heavy atom. The minimum absolute atomic E-state index is 0.0776. The Hall–Kier alpha value is -0.100.